The molecule has 1 heterocycles. The van der Waals surface area contributed by atoms with E-state index in [4.69, 9.17) is 5.73 Å². The highest BCUT2D eigenvalue weighted by Crippen LogP contribution is 2.37. The molecule has 0 spiro atoms. The average molecular weight is 260 g/mol. The minimum Gasteiger partial charge on any atom is -0.330 e. The summed E-state index contributed by atoms with van der Waals surface area (Å²) >= 11 is 0. The standard InChI is InChI=1S/C12H24N2O2S/c1-11(6-7-17(15,16)10-11)14-9-12(8-13)4-2-3-5-12/h14H,2-10,13H2,1H3. The normalized spacial score (nSPS) is 35.2. The van der Waals surface area contributed by atoms with Gasteiger partial charge in [-0.05, 0) is 38.1 Å². The van der Waals surface area contributed by atoms with Crippen LogP contribution >= 0.6 is 0 Å². The van der Waals surface area contributed by atoms with Crippen LogP contribution in [0.3, 0.4) is 0 Å². The zero-order chi connectivity index (χ0) is 12.6. The summed E-state index contributed by atoms with van der Waals surface area (Å²) in [6.45, 7) is 3.61. The molecule has 1 aliphatic carbocycles. The van der Waals surface area contributed by atoms with Gasteiger partial charge in [0.2, 0.25) is 0 Å². The molecule has 1 aliphatic heterocycles. The molecule has 3 N–H and O–H groups in total. The predicted octanol–water partition coefficient (Wildman–Crippen LogP) is 0.672. The molecule has 0 aromatic carbocycles. The van der Waals surface area contributed by atoms with Crippen LogP contribution in [0.15, 0.2) is 0 Å². The van der Waals surface area contributed by atoms with Gasteiger partial charge in [-0.15, -0.1) is 0 Å². The average Bonchev–Trinajstić information content (AvgIpc) is 2.83. The predicted molar refractivity (Wildman–Crippen MR) is 69.6 cm³/mol. The largest absolute Gasteiger partial charge is 0.330 e. The van der Waals surface area contributed by atoms with Crippen LogP contribution in [0.4, 0.5) is 0 Å². The van der Waals surface area contributed by atoms with Gasteiger partial charge in [0.05, 0.1) is 11.5 Å². The van der Waals surface area contributed by atoms with Gasteiger partial charge in [0, 0.05) is 12.1 Å². The lowest BCUT2D eigenvalue weighted by Gasteiger charge is -2.33. The molecule has 0 aromatic rings. The van der Waals surface area contributed by atoms with E-state index in [0.29, 0.717) is 12.3 Å². The maximum atomic E-state index is 11.5. The van der Waals surface area contributed by atoms with Gasteiger partial charge in [-0.1, -0.05) is 12.8 Å². The highest BCUT2D eigenvalue weighted by Gasteiger charge is 2.40. The van der Waals surface area contributed by atoms with Crippen LogP contribution in [0.1, 0.15) is 39.0 Å². The number of nitrogens with two attached hydrogens (primary N) is 1. The molecule has 1 unspecified atom stereocenters. The molecule has 2 fully saturated rings. The van der Waals surface area contributed by atoms with Crippen molar-refractivity contribution in [3.05, 3.63) is 0 Å². The van der Waals surface area contributed by atoms with E-state index in [1.54, 1.807) is 0 Å². The first kappa shape index (κ1) is 13.3. The van der Waals surface area contributed by atoms with Gasteiger partial charge in [0.25, 0.3) is 0 Å². The van der Waals surface area contributed by atoms with Crippen LogP contribution < -0.4 is 11.1 Å². The Labute approximate surface area is 104 Å². The summed E-state index contributed by atoms with van der Waals surface area (Å²) < 4.78 is 23.1. The molecule has 2 rings (SSSR count). The zero-order valence-electron chi connectivity index (χ0n) is 10.7. The molecule has 0 radical (unpaired) electrons. The third kappa shape index (κ3) is 3.01. The van der Waals surface area contributed by atoms with E-state index in [2.05, 4.69) is 5.32 Å². The topological polar surface area (TPSA) is 72.2 Å². The molecule has 1 saturated heterocycles. The third-order valence-corrected chi connectivity index (χ3v) is 6.39. The smallest absolute Gasteiger partial charge is 0.152 e. The Morgan fingerprint density at radius 2 is 1.88 bits per heavy atom. The second kappa shape index (κ2) is 4.52. The van der Waals surface area contributed by atoms with Gasteiger partial charge in [-0.25, -0.2) is 8.42 Å². The minimum atomic E-state index is -2.82. The second-order valence-corrected chi connectivity index (χ2v) is 8.35. The highest BCUT2D eigenvalue weighted by atomic mass is 32.2. The Morgan fingerprint density at radius 1 is 1.24 bits per heavy atom. The van der Waals surface area contributed by atoms with Crippen molar-refractivity contribution in [1.82, 2.24) is 5.32 Å². The molecule has 0 amide bonds. The van der Waals surface area contributed by atoms with Crippen molar-refractivity contribution >= 4 is 9.84 Å². The summed E-state index contributed by atoms with van der Waals surface area (Å²) in [5.41, 5.74) is 5.88. The molecule has 4 nitrogen and oxygen atoms in total. The first-order chi connectivity index (χ1) is 7.89. The van der Waals surface area contributed by atoms with Crippen molar-refractivity contribution < 1.29 is 8.42 Å². The minimum absolute atomic E-state index is 0.218. The second-order valence-electron chi connectivity index (χ2n) is 6.17. The maximum Gasteiger partial charge on any atom is 0.152 e. The van der Waals surface area contributed by atoms with Crippen LogP contribution in [0.2, 0.25) is 0 Å². The van der Waals surface area contributed by atoms with E-state index in [0.717, 1.165) is 13.0 Å². The molecular formula is C12H24N2O2S. The Bertz CT molecular complexity index is 374. The first-order valence-electron chi connectivity index (χ1n) is 6.54. The fraction of sp³-hybridized carbons (Fsp3) is 1.00. The van der Waals surface area contributed by atoms with Crippen molar-refractivity contribution in [2.45, 2.75) is 44.6 Å². The van der Waals surface area contributed by atoms with E-state index >= 15 is 0 Å². The zero-order valence-corrected chi connectivity index (χ0v) is 11.5. The molecule has 1 atom stereocenters. The Balaban J connectivity index is 1.94. The maximum absolute atomic E-state index is 11.5. The summed E-state index contributed by atoms with van der Waals surface area (Å²) in [4.78, 5) is 0. The van der Waals surface area contributed by atoms with Crippen LogP contribution in [0.25, 0.3) is 0 Å². The lowest BCUT2D eigenvalue weighted by atomic mass is 9.85. The van der Waals surface area contributed by atoms with Crippen molar-refractivity contribution in [2.75, 3.05) is 24.6 Å². The van der Waals surface area contributed by atoms with E-state index < -0.39 is 9.84 Å². The van der Waals surface area contributed by atoms with Gasteiger partial charge in [0.15, 0.2) is 9.84 Å². The highest BCUT2D eigenvalue weighted by molar-refractivity contribution is 7.91. The molecule has 0 aromatic heterocycles. The SMILES string of the molecule is CC1(NCC2(CN)CCCC2)CCS(=O)(=O)C1. The summed E-state index contributed by atoms with van der Waals surface area (Å²) in [7, 11) is -2.82. The van der Waals surface area contributed by atoms with Crippen molar-refractivity contribution in [1.29, 1.82) is 0 Å². The Morgan fingerprint density at radius 3 is 2.35 bits per heavy atom. The van der Waals surface area contributed by atoms with E-state index in [9.17, 15) is 8.42 Å². The molecule has 0 bridgehead atoms. The summed E-state index contributed by atoms with van der Waals surface area (Å²) in [6, 6.07) is 0. The molecule has 1 saturated carbocycles. The first-order valence-corrected chi connectivity index (χ1v) is 8.37. The van der Waals surface area contributed by atoms with Gasteiger partial charge < -0.3 is 11.1 Å². The number of hydrogen-bond donors (Lipinski definition) is 2. The van der Waals surface area contributed by atoms with Gasteiger partial charge in [0.1, 0.15) is 0 Å². The van der Waals surface area contributed by atoms with E-state index in [-0.39, 0.29) is 16.7 Å². The van der Waals surface area contributed by atoms with Crippen LogP contribution in [0.5, 0.6) is 0 Å². The molecule has 5 heteroatoms. The van der Waals surface area contributed by atoms with Gasteiger partial charge in [-0.3, -0.25) is 0 Å². The molecule has 17 heavy (non-hydrogen) atoms. The number of sulfone groups is 1. The fourth-order valence-electron chi connectivity index (χ4n) is 3.13. The van der Waals surface area contributed by atoms with Gasteiger partial charge in [-0.2, -0.15) is 0 Å². The Hall–Kier alpha value is -0.130. The van der Waals surface area contributed by atoms with Gasteiger partial charge >= 0.3 is 0 Å². The lowest BCUT2D eigenvalue weighted by molar-refractivity contribution is 0.249. The summed E-state index contributed by atoms with van der Waals surface area (Å²) in [5.74, 6) is 0.604. The Kier molecular flexibility index (Phi) is 3.54. The van der Waals surface area contributed by atoms with Crippen LogP contribution in [-0.2, 0) is 9.84 Å². The fourth-order valence-corrected chi connectivity index (χ4v) is 5.25. The number of rotatable bonds is 4. The van der Waals surface area contributed by atoms with Crippen LogP contribution in [0, 0.1) is 5.41 Å². The molecular weight excluding hydrogens is 236 g/mol. The quantitative estimate of drug-likeness (QED) is 0.779. The van der Waals surface area contributed by atoms with Crippen molar-refractivity contribution in [3.8, 4) is 0 Å². The van der Waals surface area contributed by atoms with Crippen molar-refractivity contribution in [3.63, 3.8) is 0 Å². The third-order valence-electron chi connectivity index (χ3n) is 4.49. The van der Waals surface area contributed by atoms with Crippen LogP contribution in [-0.4, -0.2) is 38.6 Å². The molecule has 2 aliphatic rings. The summed E-state index contributed by atoms with van der Waals surface area (Å²) in [5, 5.41) is 3.49. The van der Waals surface area contributed by atoms with E-state index in [1.165, 1.54) is 25.7 Å². The summed E-state index contributed by atoms with van der Waals surface area (Å²) in [6.07, 6.45) is 5.61. The number of hydrogen-bond acceptors (Lipinski definition) is 4. The number of nitrogens with one attached hydrogen (secondary N) is 1. The van der Waals surface area contributed by atoms with E-state index in [1.807, 2.05) is 6.92 Å². The molecule has 100 valence electrons. The monoisotopic (exact) mass is 260 g/mol. The van der Waals surface area contributed by atoms with Crippen molar-refractivity contribution in [2.24, 2.45) is 11.1 Å². The lowest BCUT2D eigenvalue weighted by Crippen LogP contribution is -2.49.